The summed E-state index contributed by atoms with van der Waals surface area (Å²) in [7, 11) is 0. The molecule has 3 N–H and O–H groups in total. The molecule has 1 saturated heterocycles. The molecule has 0 aromatic carbocycles. The molecule has 1 aliphatic rings. The van der Waals surface area contributed by atoms with Gasteiger partial charge in [0.15, 0.2) is 0 Å². The number of aliphatic hydroxyl groups excluding tert-OH is 2. The predicted molar refractivity (Wildman–Crippen MR) is 50.9 cm³/mol. The number of aromatic amines is 1. The van der Waals surface area contributed by atoms with Crippen LogP contribution in [0.4, 0.5) is 0 Å². The third-order valence-corrected chi connectivity index (χ3v) is 2.51. The minimum atomic E-state index is -0.823. The number of rotatable bonds is 2. The lowest BCUT2D eigenvalue weighted by atomic mass is 10.3. The molecule has 0 saturated carbocycles. The smallest absolute Gasteiger partial charge is 0.228 e. The number of nitrogens with zero attached hydrogens (tertiary/aromatic N) is 2. The fraction of sp³-hybridized carbons (Fsp3) is 0.556. The van der Waals surface area contributed by atoms with Gasteiger partial charge in [0, 0.05) is 25.0 Å². The monoisotopic (exact) mass is 211 g/mol. The molecule has 15 heavy (non-hydrogen) atoms. The Morgan fingerprint density at radius 2 is 2.20 bits per heavy atom. The van der Waals surface area contributed by atoms with Crippen LogP contribution in [-0.2, 0) is 11.2 Å². The van der Waals surface area contributed by atoms with Gasteiger partial charge >= 0.3 is 0 Å². The predicted octanol–water partition coefficient (Wildman–Crippen LogP) is -1.48. The third kappa shape index (κ3) is 2.16. The van der Waals surface area contributed by atoms with Gasteiger partial charge in [-0.15, -0.1) is 0 Å². The number of amides is 1. The zero-order valence-corrected chi connectivity index (χ0v) is 8.13. The number of aromatic nitrogens is 2. The molecule has 2 rings (SSSR count). The van der Waals surface area contributed by atoms with Gasteiger partial charge in [-0.1, -0.05) is 0 Å². The molecule has 2 heterocycles. The van der Waals surface area contributed by atoms with Crippen molar-refractivity contribution in [3.05, 3.63) is 18.0 Å². The number of nitrogens with one attached hydrogen (secondary N) is 1. The summed E-state index contributed by atoms with van der Waals surface area (Å²) in [6.45, 7) is 0.405. The maximum atomic E-state index is 11.7. The molecule has 0 aliphatic carbocycles. The second-order valence-electron chi connectivity index (χ2n) is 3.69. The van der Waals surface area contributed by atoms with E-state index < -0.39 is 12.2 Å². The molecule has 1 amide bonds. The number of carbonyl (C=O) groups excluding carboxylic acids is 1. The summed E-state index contributed by atoms with van der Waals surface area (Å²) in [5.41, 5.74) is 0.732. The van der Waals surface area contributed by atoms with Crippen LogP contribution in [0.1, 0.15) is 5.69 Å². The SMILES string of the molecule is O=C(Cc1ccn[nH]1)N1CC(O)C(O)C1. The summed E-state index contributed by atoms with van der Waals surface area (Å²) in [6, 6.07) is 1.72. The minimum Gasteiger partial charge on any atom is -0.388 e. The summed E-state index contributed by atoms with van der Waals surface area (Å²) in [5.74, 6) is -0.116. The Balaban J connectivity index is 1.92. The van der Waals surface area contributed by atoms with Crippen molar-refractivity contribution in [2.75, 3.05) is 13.1 Å². The van der Waals surface area contributed by atoms with Crippen molar-refractivity contribution in [1.82, 2.24) is 15.1 Å². The Morgan fingerprint density at radius 1 is 1.53 bits per heavy atom. The van der Waals surface area contributed by atoms with Crippen molar-refractivity contribution in [2.45, 2.75) is 18.6 Å². The van der Waals surface area contributed by atoms with Gasteiger partial charge in [0.1, 0.15) is 0 Å². The molecule has 0 bridgehead atoms. The molecule has 1 fully saturated rings. The third-order valence-electron chi connectivity index (χ3n) is 2.51. The van der Waals surface area contributed by atoms with Gasteiger partial charge in [-0.2, -0.15) is 5.10 Å². The average molecular weight is 211 g/mol. The minimum absolute atomic E-state index is 0.116. The molecule has 6 heteroatoms. The molecular weight excluding hydrogens is 198 g/mol. The van der Waals surface area contributed by atoms with Gasteiger partial charge in [-0.3, -0.25) is 9.89 Å². The van der Waals surface area contributed by atoms with Gasteiger partial charge in [-0.05, 0) is 6.07 Å². The zero-order chi connectivity index (χ0) is 10.8. The number of aliphatic hydroxyl groups is 2. The topological polar surface area (TPSA) is 89.5 Å². The lowest BCUT2D eigenvalue weighted by Crippen LogP contribution is -2.31. The van der Waals surface area contributed by atoms with Crippen LogP contribution < -0.4 is 0 Å². The van der Waals surface area contributed by atoms with E-state index in [1.165, 1.54) is 4.90 Å². The first-order valence-corrected chi connectivity index (χ1v) is 4.79. The van der Waals surface area contributed by atoms with Crippen molar-refractivity contribution < 1.29 is 15.0 Å². The van der Waals surface area contributed by atoms with Gasteiger partial charge in [0.25, 0.3) is 0 Å². The highest BCUT2D eigenvalue weighted by Crippen LogP contribution is 2.11. The molecule has 1 aromatic rings. The number of carbonyl (C=O) groups is 1. The zero-order valence-electron chi connectivity index (χ0n) is 8.13. The largest absolute Gasteiger partial charge is 0.388 e. The van der Waals surface area contributed by atoms with E-state index in [0.29, 0.717) is 0 Å². The summed E-state index contributed by atoms with van der Waals surface area (Å²) in [4.78, 5) is 13.1. The molecule has 1 aliphatic heterocycles. The Kier molecular flexibility index (Phi) is 2.70. The van der Waals surface area contributed by atoms with Crippen LogP contribution in [0.5, 0.6) is 0 Å². The van der Waals surface area contributed by atoms with Crippen LogP contribution in [0.2, 0.25) is 0 Å². The van der Waals surface area contributed by atoms with Gasteiger partial charge in [-0.25, -0.2) is 0 Å². The summed E-state index contributed by atoms with van der Waals surface area (Å²) >= 11 is 0. The highest BCUT2D eigenvalue weighted by Gasteiger charge is 2.32. The lowest BCUT2D eigenvalue weighted by Gasteiger charge is -2.14. The molecule has 82 valence electrons. The highest BCUT2D eigenvalue weighted by atomic mass is 16.3. The van der Waals surface area contributed by atoms with E-state index in [1.54, 1.807) is 12.3 Å². The number of H-pyrrole nitrogens is 1. The number of hydrogen-bond acceptors (Lipinski definition) is 4. The number of hydrogen-bond donors (Lipinski definition) is 3. The Bertz CT molecular complexity index is 328. The van der Waals surface area contributed by atoms with Gasteiger partial charge < -0.3 is 15.1 Å². The molecule has 6 nitrogen and oxygen atoms in total. The number of likely N-dealkylation sites (tertiary alicyclic amines) is 1. The highest BCUT2D eigenvalue weighted by molar-refractivity contribution is 5.78. The lowest BCUT2D eigenvalue weighted by molar-refractivity contribution is -0.130. The summed E-state index contributed by atoms with van der Waals surface area (Å²) < 4.78 is 0. The first-order valence-electron chi connectivity index (χ1n) is 4.79. The average Bonchev–Trinajstić information content (AvgIpc) is 2.78. The van der Waals surface area contributed by atoms with Crippen LogP contribution in [0.25, 0.3) is 0 Å². The maximum Gasteiger partial charge on any atom is 0.228 e. The first-order chi connectivity index (χ1) is 7.16. The quantitative estimate of drug-likeness (QED) is 0.556. The van der Waals surface area contributed by atoms with E-state index in [0.717, 1.165) is 5.69 Å². The molecule has 0 spiro atoms. The Hall–Kier alpha value is -1.40. The second-order valence-corrected chi connectivity index (χ2v) is 3.69. The van der Waals surface area contributed by atoms with Crippen LogP contribution in [0.15, 0.2) is 12.3 Å². The van der Waals surface area contributed by atoms with E-state index >= 15 is 0 Å². The van der Waals surface area contributed by atoms with Gasteiger partial charge in [0.05, 0.1) is 18.6 Å². The van der Waals surface area contributed by atoms with E-state index in [-0.39, 0.29) is 25.4 Å². The second kappa shape index (κ2) is 4.00. The fourth-order valence-corrected chi connectivity index (χ4v) is 1.63. The van der Waals surface area contributed by atoms with E-state index in [9.17, 15) is 15.0 Å². The summed E-state index contributed by atoms with van der Waals surface area (Å²) in [5, 5.41) is 25.0. The number of β-amino-alcohol motifs (C(OH)–C–C–N with tert-alkyl or cyclic N) is 2. The van der Waals surface area contributed by atoms with Crippen molar-refractivity contribution in [2.24, 2.45) is 0 Å². The summed E-state index contributed by atoms with van der Waals surface area (Å²) in [6.07, 6.45) is 0.154. The first kappa shape index (κ1) is 10.1. The molecular formula is C9H13N3O3. The van der Waals surface area contributed by atoms with Crippen LogP contribution >= 0.6 is 0 Å². The molecule has 1 aromatic heterocycles. The van der Waals surface area contributed by atoms with E-state index in [2.05, 4.69) is 10.2 Å². The van der Waals surface area contributed by atoms with Crippen LogP contribution in [-0.4, -0.2) is 56.5 Å². The molecule has 2 atom stereocenters. The van der Waals surface area contributed by atoms with Crippen LogP contribution in [0, 0.1) is 0 Å². The van der Waals surface area contributed by atoms with E-state index in [4.69, 9.17) is 0 Å². The van der Waals surface area contributed by atoms with Crippen molar-refractivity contribution in [1.29, 1.82) is 0 Å². The standard InChI is InChI=1S/C9H13N3O3/c13-7-4-12(5-8(7)14)9(15)3-6-1-2-10-11-6/h1-2,7-8,13-14H,3-5H2,(H,10,11). The Labute approximate surface area is 86.5 Å². The molecule has 2 unspecified atom stereocenters. The maximum absolute atomic E-state index is 11.7. The van der Waals surface area contributed by atoms with E-state index in [1.807, 2.05) is 0 Å². The normalized spacial score (nSPS) is 25.9. The molecule has 0 radical (unpaired) electrons. The van der Waals surface area contributed by atoms with Crippen molar-refractivity contribution in [3.8, 4) is 0 Å². The van der Waals surface area contributed by atoms with Crippen LogP contribution in [0.3, 0.4) is 0 Å². The Morgan fingerprint density at radius 3 is 2.73 bits per heavy atom. The fourth-order valence-electron chi connectivity index (χ4n) is 1.63. The van der Waals surface area contributed by atoms with Gasteiger partial charge in [0.2, 0.25) is 5.91 Å². The van der Waals surface area contributed by atoms with Crippen molar-refractivity contribution >= 4 is 5.91 Å². The van der Waals surface area contributed by atoms with Crippen molar-refractivity contribution in [3.63, 3.8) is 0 Å².